The van der Waals surface area contributed by atoms with Gasteiger partial charge in [0, 0.05) is 0 Å². The van der Waals surface area contributed by atoms with E-state index in [0.29, 0.717) is 6.42 Å². The summed E-state index contributed by atoms with van der Waals surface area (Å²) in [5.74, 6) is -2.57. The van der Waals surface area contributed by atoms with E-state index in [0.717, 1.165) is 4.90 Å². The minimum atomic E-state index is -1.37. The molecule has 11 nitrogen and oxygen atoms in total. The minimum Gasteiger partial charge on any atom is -0.462 e. The number of amides is 2. The summed E-state index contributed by atoms with van der Waals surface area (Å²) in [6.07, 6.45) is -2.92. The van der Waals surface area contributed by atoms with Gasteiger partial charge in [-0.15, -0.1) is 0 Å². The van der Waals surface area contributed by atoms with Crippen molar-refractivity contribution in [3.63, 3.8) is 0 Å². The van der Waals surface area contributed by atoms with Gasteiger partial charge in [-0.25, -0.2) is 9.69 Å². The van der Waals surface area contributed by atoms with E-state index in [2.05, 4.69) is 0 Å². The fourth-order valence-electron chi connectivity index (χ4n) is 3.46. The Bertz CT molecular complexity index is 966. The number of imide groups is 1. The van der Waals surface area contributed by atoms with Crippen LogP contribution in [0.25, 0.3) is 0 Å². The number of carbonyl (C=O) groups excluding carboxylic acids is 5. The Morgan fingerprint density at radius 2 is 1.34 bits per heavy atom. The fraction of sp³-hybridized carbons (Fsp3) is 0.741. The fourth-order valence-corrected chi connectivity index (χ4v) is 3.46. The molecule has 2 aliphatic heterocycles. The van der Waals surface area contributed by atoms with Crippen molar-refractivity contribution < 1.29 is 47.7 Å². The molecule has 0 aliphatic carbocycles. The lowest BCUT2D eigenvalue weighted by Gasteiger charge is -2.43. The highest BCUT2D eigenvalue weighted by Crippen LogP contribution is 2.37. The first kappa shape index (κ1) is 31.3. The van der Waals surface area contributed by atoms with Gasteiger partial charge in [0.1, 0.15) is 18.8 Å². The summed E-state index contributed by atoms with van der Waals surface area (Å²) >= 11 is 0. The SMILES string of the molecule is CC/C=C/C(=O)N1C(=O)O[C@H]2O[C@H](COC(=O)C(C)(C)C)[C@H](OC(=O)C(C)(C)C)[C@H](OC(=O)C(C)(C)C)[C@H]21. The van der Waals surface area contributed by atoms with Gasteiger partial charge in [0.25, 0.3) is 5.91 Å². The minimum absolute atomic E-state index is 0.383. The van der Waals surface area contributed by atoms with Crippen LogP contribution in [0.1, 0.15) is 75.7 Å². The second-order valence-corrected chi connectivity index (χ2v) is 12.5. The molecule has 0 radical (unpaired) electrons. The molecule has 2 rings (SSSR count). The quantitative estimate of drug-likeness (QED) is 0.280. The molecule has 0 spiro atoms. The van der Waals surface area contributed by atoms with Crippen molar-refractivity contribution in [3.05, 3.63) is 12.2 Å². The van der Waals surface area contributed by atoms with Gasteiger partial charge in [-0.2, -0.15) is 0 Å². The highest BCUT2D eigenvalue weighted by atomic mass is 16.7. The van der Waals surface area contributed by atoms with Gasteiger partial charge in [0.05, 0.1) is 16.2 Å². The van der Waals surface area contributed by atoms with Crippen molar-refractivity contribution in [2.45, 2.75) is 106 Å². The van der Waals surface area contributed by atoms with Crippen molar-refractivity contribution in [3.8, 4) is 0 Å². The van der Waals surface area contributed by atoms with Crippen molar-refractivity contribution >= 4 is 29.9 Å². The van der Waals surface area contributed by atoms with Crippen LogP contribution in [-0.2, 0) is 42.9 Å². The predicted molar refractivity (Wildman–Crippen MR) is 134 cm³/mol. The number of hydrogen-bond acceptors (Lipinski definition) is 10. The van der Waals surface area contributed by atoms with Crippen LogP contribution in [0.5, 0.6) is 0 Å². The van der Waals surface area contributed by atoms with Crippen LogP contribution in [0, 0.1) is 16.2 Å². The first-order chi connectivity index (χ1) is 17.3. The number of hydrogen-bond donors (Lipinski definition) is 0. The number of rotatable bonds is 6. The second-order valence-electron chi connectivity index (χ2n) is 12.5. The van der Waals surface area contributed by atoms with Crippen molar-refractivity contribution in [2.75, 3.05) is 6.61 Å². The molecule has 2 fully saturated rings. The maximum atomic E-state index is 13.1. The van der Waals surface area contributed by atoms with Crippen LogP contribution >= 0.6 is 0 Å². The number of allylic oxidation sites excluding steroid dienone is 1. The third-order valence-corrected chi connectivity index (χ3v) is 5.76. The summed E-state index contributed by atoms with van der Waals surface area (Å²) in [6, 6.07) is -1.25. The number of ether oxygens (including phenoxy) is 5. The van der Waals surface area contributed by atoms with E-state index < -0.39 is 76.8 Å². The zero-order chi connectivity index (χ0) is 29.2. The van der Waals surface area contributed by atoms with E-state index in [9.17, 15) is 24.0 Å². The molecule has 0 unspecified atom stereocenters. The second kappa shape index (κ2) is 11.4. The molecule has 0 N–H and O–H groups in total. The Labute approximate surface area is 224 Å². The molecule has 2 amide bonds. The Morgan fingerprint density at radius 1 is 0.842 bits per heavy atom. The third-order valence-electron chi connectivity index (χ3n) is 5.76. The van der Waals surface area contributed by atoms with Crippen LogP contribution in [0.4, 0.5) is 4.79 Å². The summed E-state index contributed by atoms with van der Waals surface area (Å²) in [5, 5.41) is 0. The Hall–Kier alpha value is -2.95. The Morgan fingerprint density at radius 3 is 1.82 bits per heavy atom. The first-order valence-corrected chi connectivity index (χ1v) is 12.7. The molecule has 0 saturated carbocycles. The molecule has 2 heterocycles. The molecule has 11 heteroatoms. The highest BCUT2D eigenvalue weighted by Gasteiger charge is 2.61. The first-order valence-electron chi connectivity index (χ1n) is 12.7. The summed E-state index contributed by atoms with van der Waals surface area (Å²) in [5.41, 5.74) is -2.76. The maximum Gasteiger partial charge on any atom is 0.419 e. The van der Waals surface area contributed by atoms with Gasteiger partial charge in [-0.05, 0) is 74.8 Å². The van der Waals surface area contributed by atoms with Crippen LogP contribution in [-0.4, -0.2) is 72.1 Å². The van der Waals surface area contributed by atoms with Crippen LogP contribution in [0.2, 0.25) is 0 Å². The van der Waals surface area contributed by atoms with Gasteiger partial charge in [0.15, 0.2) is 12.2 Å². The zero-order valence-electron chi connectivity index (χ0n) is 24.0. The van der Waals surface area contributed by atoms with Crippen LogP contribution < -0.4 is 0 Å². The number of esters is 3. The Kier molecular flexibility index (Phi) is 9.40. The predicted octanol–water partition coefficient (Wildman–Crippen LogP) is 3.53. The van der Waals surface area contributed by atoms with Gasteiger partial charge in [0.2, 0.25) is 6.29 Å². The largest absolute Gasteiger partial charge is 0.462 e. The van der Waals surface area contributed by atoms with Gasteiger partial charge < -0.3 is 23.7 Å². The van der Waals surface area contributed by atoms with Gasteiger partial charge >= 0.3 is 24.0 Å². The average Bonchev–Trinajstić information content (AvgIpc) is 3.10. The average molecular weight is 540 g/mol. The van der Waals surface area contributed by atoms with E-state index in [1.807, 2.05) is 6.92 Å². The molecule has 0 aromatic heterocycles. The highest BCUT2D eigenvalue weighted by molar-refractivity contribution is 6.00. The van der Waals surface area contributed by atoms with E-state index in [4.69, 9.17) is 23.7 Å². The number of carbonyl (C=O) groups is 5. The van der Waals surface area contributed by atoms with E-state index in [1.54, 1.807) is 68.4 Å². The van der Waals surface area contributed by atoms with E-state index in [1.165, 1.54) is 6.08 Å². The molecule has 38 heavy (non-hydrogen) atoms. The monoisotopic (exact) mass is 539 g/mol. The van der Waals surface area contributed by atoms with E-state index >= 15 is 0 Å². The van der Waals surface area contributed by atoms with E-state index in [-0.39, 0.29) is 6.61 Å². The third kappa shape index (κ3) is 7.33. The summed E-state index contributed by atoms with van der Waals surface area (Å²) in [4.78, 5) is 65.1. The van der Waals surface area contributed by atoms with Gasteiger partial charge in [-0.1, -0.05) is 13.0 Å². The molecule has 5 atom stereocenters. The molecule has 214 valence electrons. The van der Waals surface area contributed by atoms with Crippen molar-refractivity contribution in [1.29, 1.82) is 0 Å². The lowest BCUT2D eigenvalue weighted by Crippen LogP contribution is -2.64. The van der Waals surface area contributed by atoms with Crippen molar-refractivity contribution in [2.24, 2.45) is 16.2 Å². The molecule has 2 saturated heterocycles. The normalized spacial score (nSPS) is 26.0. The number of nitrogens with zero attached hydrogens (tertiary/aromatic N) is 1. The topological polar surface area (TPSA) is 135 Å². The zero-order valence-corrected chi connectivity index (χ0v) is 24.0. The van der Waals surface area contributed by atoms with Crippen molar-refractivity contribution in [1.82, 2.24) is 4.90 Å². The van der Waals surface area contributed by atoms with Gasteiger partial charge in [-0.3, -0.25) is 19.2 Å². The number of fused-ring (bicyclic) bond motifs is 1. The summed E-state index contributed by atoms with van der Waals surface area (Å²) in [7, 11) is 0. The smallest absolute Gasteiger partial charge is 0.419 e. The molecule has 2 aliphatic rings. The van der Waals surface area contributed by atoms with Crippen LogP contribution in [0.3, 0.4) is 0 Å². The standard InChI is InChI=1S/C27H41NO10/c1-11-12-13-16(29)28-17-19(37-23(32)27(8,9)10)18(36-22(31)26(5,6)7)15(35-20(17)38-24(28)33)14-34-21(30)25(2,3)4/h12-13,15,17-20H,11,14H2,1-10H3/b13-12+/t15-,17-,18+,19-,20-/m1/s1. The molecular weight excluding hydrogens is 498 g/mol. The lowest BCUT2D eigenvalue weighted by molar-refractivity contribution is -0.259. The molecular formula is C27H41NO10. The molecule has 0 aromatic carbocycles. The molecule has 0 aromatic rings. The summed E-state index contributed by atoms with van der Waals surface area (Å²) in [6.45, 7) is 16.3. The van der Waals surface area contributed by atoms with Crippen LogP contribution in [0.15, 0.2) is 12.2 Å². The summed E-state index contributed by atoms with van der Waals surface area (Å²) < 4.78 is 28.4. The molecule has 0 bridgehead atoms. The lowest BCUT2D eigenvalue weighted by atomic mass is 9.92. The Balaban J connectivity index is 2.58. The maximum absolute atomic E-state index is 13.1.